The second-order valence-corrected chi connectivity index (χ2v) is 6.74. The van der Waals surface area contributed by atoms with E-state index in [1.807, 2.05) is 43.3 Å². The van der Waals surface area contributed by atoms with Gasteiger partial charge in [-0.05, 0) is 55.2 Å². The molecule has 1 N–H and O–H groups in total. The minimum Gasteiger partial charge on any atom is -0.455 e. The minimum absolute atomic E-state index is 0.240. The number of halogens is 1. The molecule has 138 valence electrons. The number of hydrogen-bond acceptors (Lipinski definition) is 3. The molecule has 0 aliphatic carbocycles. The molecular weight excluding hydrogens is 360 g/mol. The van der Waals surface area contributed by atoms with Crippen LogP contribution in [-0.4, -0.2) is 17.4 Å². The molecule has 0 fully saturated rings. The van der Waals surface area contributed by atoms with Crippen LogP contribution >= 0.6 is 11.6 Å². The SMILES string of the molecule is Cc1cccc(Oc2cnc(Cl)cc2C(=O)NCCc2ccccc2C)c1. The van der Waals surface area contributed by atoms with Gasteiger partial charge in [-0.2, -0.15) is 0 Å². The quantitative estimate of drug-likeness (QED) is 0.604. The Kier molecular flexibility index (Phi) is 6.09. The topological polar surface area (TPSA) is 51.2 Å². The van der Waals surface area contributed by atoms with E-state index in [0.29, 0.717) is 23.6 Å². The summed E-state index contributed by atoms with van der Waals surface area (Å²) in [6.45, 7) is 4.56. The van der Waals surface area contributed by atoms with Crippen LogP contribution in [0.2, 0.25) is 5.15 Å². The maximum atomic E-state index is 12.7. The van der Waals surface area contributed by atoms with E-state index in [-0.39, 0.29) is 11.1 Å². The van der Waals surface area contributed by atoms with Gasteiger partial charge in [0.05, 0.1) is 11.8 Å². The molecule has 0 atom stereocenters. The normalized spacial score (nSPS) is 10.5. The number of rotatable bonds is 6. The third-order valence-corrected chi connectivity index (χ3v) is 4.44. The maximum absolute atomic E-state index is 12.7. The van der Waals surface area contributed by atoms with Gasteiger partial charge in [0, 0.05) is 6.54 Å². The summed E-state index contributed by atoms with van der Waals surface area (Å²) in [4.78, 5) is 16.7. The lowest BCUT2D eigenvalue weighted by molar-refractivity contribution is 0.0951. The first-order chi connectivity index (χ1) is 13.0. The number of nitrogens with zero attached hydrogens (tertiary/aromatic N) is 1. The summed E-state index contributed by atoms with van der Waals surface area (Å²) in [6.07, 6.45) is 2.23. The molecule has 0 aliphatic heterocycles. The molecule has 1 amide bonds. The van der Waals surface area contributed by atoms with Crippen LogP contribution in [0, 0.1) is 13.8 Å². The summed E-state index contributed by atoms with van der Waals surface area (Å²) in [5.74, 6) is 0.780. The van der Waals surface area contributed by atoms with Crippen molar-refractivity contribution in [2.24, 2.45) is 0 Å². The van der Waals surface area contributed by atoms with Gasteiger partial charge in [-0.25, -0.2) is 4.98 Å². The van der Waals surface area contributed by atoms with E-state index in [4.69, 9.17) is 16.3 Å². The first-order valence-electron chi connectivity index (χ1n) is 8.76. The third kappa shape index (κ3) is 5.08. The summed E-state index contributed by atoms with van der Waals surface area (Å²) in [5, 5.41) is 3.18. The third-order valence-electron chi connectivity index (χ3n) is 4.24. The van der Waals surface area contributed by atoms with E-state index in [1.54, 1.807) is 0 Å². The van der Waals surface area contributed by atoms with Crippen molar-refractivity contribution in [3.05, 3.63) is 88.2 Å². The van der Waals surface area contributed by atoms with Gasteiger partial charge in [0.15, 0.2) is 5.75 Å². The summed E-state index contributed by atoms with van der Waals surface area (Å²) >= 11 is 5.99. The van der Waals surface area contributed by atoms with E-state index < -0.39 is 0 Å². The van der Waals surface area contributed by atoms with Crippen LogP contribution in [0.3, 0.4) is 0 Å². The number of hydrogen-bond donors (Lipinski definition) is 1. The van der Waals surface area contributed by atoms with Crippen molar-refractivity contribution >= 4 is 17.5 Å². The molecule has 0 saturated carbocycles. The number of carbonyl (C=O) groups excluding carboxylic acids is 1. The summed E-state index contributed by atoms with van der Waals surface area (Å²) < 4.78 is 5.87. The second-order valence-electron chi connectivity index (χ2n) is 6.35. The van der Waals surface area contributed by atoms with Crippen molar-refractivity contribution in [1.82, 2.24) is 10.3 Å². The lowest BCUT2D eigenvalue weighted by Crippen LogP contribution is -2.26. The number of aromatic nitrogens is 1. The molecular formula is C22H21ClN2O2. The van der Waals surface area contributed by atoms with Crippen LogP contribution < -0.4 is 10.1 Å². The standard InChI is InChI=1S/C22H21ClN2O2/c1-15-6-5-9-18(12-15)27-20-14-25-21(23)13-19(20)22(26)24-11-10-17-8-4-3-7-16(17)2/h3-9,12-14H,10-11H2,1-2H3,(H,24,26). The molecule has 0 saturated heterocycles. The molecule has 2 aromatic carbocycles. The molecule has 0 aliphatic rings. The highest BCUT2D eigenvalue weighted by Crippen LogP contribution is 2.27. The first-order valence-corrected chi connectivity index (χ1v) is 9.13. The fourth-order valence-electron chi connectivity index (χ4n) is 2.78. The van der Waals surface area contributed by atoms with Gasteiger partial charge in [0.1, 0.15) is 10.9 Å². The number of pyridine rings is 1. The van der Waals surface area contributed by atoms with E-state index in [2.05, 4.69) is 29.4 Å². The van der Waals surface area contributed by atoms with Crippen LogP contribution in [0.25, 0.3) is 0 Å². The fraction of sp³-hybridized carbons (Fsp3) is 0.182. The molecule has 3 aromatic rings. The Labute approximate surface area is 164 Å². The Balaban J connectivity index is 1.72. The van der Waals surface area contributed by atoms with E-state index in [0.717, 1.165) is 12.0 Å². The van der Waals surface area contributed by atoms with E-state index >= 15 is 0 Å². The molecule has 0 radical (unpaired) electrons. The number of nitrogens with one attached hydrogen (secondary N) is 1. The molecule has 3 rings (SSSR count). The van der Waals surface area contributed by atoms with E-state index in [1.165, 1.54) is 23.4 Å². The van der Waals surface area contributed by atoms with Crippen molar-refractivity contribution in [2.75, 3.05) is 6.54 Å². The number of benzene rings is 2. The summed E-state index contributed by atoms with van der Waals surface area (Å²) in [7, 11) is 0. The Morgan fingerprint density at radius 2 is 1.93 bits per heavy atom. The zero-order valence-corrected chi connectivity index (χ0v) is 16.1. The highest BCUT2D eigenvalue weighted by atomic mass is 35.5. The van der Waals surface area contributed by atoms with Gasteiger partial charge in [-0.3, -0.25) is 4.79 Å². The predicted octanol–water partition coefficient (Wildman–Crippen LogP) is 5.12. The summed E-state index contributed by atoms with van der Waals surface area (Å²) in [5.41, 5.74) is 3.85. The van der Waals surface area contributed by atoms with Gasteiger partial charge in [-0.1, -0.05) is 48.0 Å². The highest BCUT2D eigenvalue weighted by molar-refractivity contribution is 6.29. The molecule has 1 aromatic heterocycles. The molecule has 27 heavy (non-hydrogen) atoms. The molecule has 5 heteroatoms. The smallest absolute Gasteiger partial charge is 0.255 e. The lowest BCUT2D eigenvalue weighted by Gasteiger charge is -2.12. The minimum atomic E-state index is -0.240. The molecule has 0 bridgehead atoms. The van der Waals surface area contributed by atoms with Crippen LogP contribution in [0.15, 0.2) is 60.8 Å². The monoisotopic (exact) mass is 380 g/mol. The molecule has 4 nitrogen and oxygen atoms in total. The number of ether oxygens (including phenoxy) is 1. The van der Waals surface area contributed by atoms with Crippen LogP contribution in [-0.2, 0) is 6.42 Å². The van der Waals surface area contributed by atoms with Crippen LogP contribution in [0.5, 0.6) is 11.5 Å². The molecule has 0 unspecified atom stereocenters. The van der Waals surface area contributed by atoms with Crippen molar-refractivity contribution in [3.8, 4) is 11.5 Å². The largest absolute Gasteiger partial charge is 0.455 e. The molecule has 0 spiro atoms. The predicted molar refractivity (Wildman–Crippen MR) is 108 cm³/mol. The average molecular weight is 381 g/mol. The van der Waals surface area contributed by atoms with Crippen LogP contribution in [0.4, 0.5) is 0 Å². The van der Waals surface area contributed by atoms with Gasteiger partial charge in [0.25, 0.3) is 5.91 Å². The Morgan fingerprint density at radius 1 is 1.11 bits per heavy atom. The van der Waals surface area contributed by atoms with Crippen molar-refractivity contribution in [2.45, 2.75) is 20.3 Å². The average Bonchev–Trinajstić information content (AvgIpc) is 2.65. The number of carbonyl (C=O) groups is 1. The first kappa shape index (κ1) is 18.9. The second kappa shape index (κ2) is 8.69. The number of amides is 1. The zero-order chi connectivity index (χ0) is 19.2. The molecule has 1 heterocycles. The van der Waals surface area contributed by atoms with Crippen molar-refractivity contribution in [1.29, 1.82) is 0 Å². The van der Waals surface area contributed by atoms with Gasteiger partial charge in [-0.15, -0.1) is 0 Å². The number of aryl methyl sites for hydroxylation is 2. The lowest BCUT2D eigenvalue weighted by atomic mass is 10.1. The van der Waals surface area contributed by atoms with Crippen LogP contribution in [0.1, 0.15) is 27.0 Å². The van der Waals surface area contributed by atoms with Gasteiger partial charge < -0.3 is 10.1 Å². The van der Waals surface area contributed by atoms with Gasteiger partial charge >= 0.3 is 0 Å². The Bertz CT molecular complexity index is 957. The Morgan fingerprint density at radius 3 is 2.70 bits per heavy atom. The maximum Gasteiger partial charge on any atom is 0.255 e. The fourth-order valence-corrected chi connectivity index (χ4v) is 2.94. The summed E-state index contributed by atoms with van der Waals surface area (Å²) in [6, 6.07) is 17.3. The van der Waals surface area contributed by atoms with E-state index in [9.17, 15) is 4.79 Å². The van der Waals surface area contributed by atoms with Crippen molar-refractivity contribution < 1.29 is 9.53 Å². The Hall–Kier alpha value is -2.85. The highest BCUT2D eigenvalue weighted by Gasteiger charge is 2.15. The zero-order valence-electron chi connectivity index (χ0n) is 15.3. The van der Waals surface area contributed by atoms with Crippen molar-refractivity contribution in [3.63, 3.8) is 0 Å². The van der Waals surface area contributed by atoms with Gasteiger partial charge in [0.2, 0.25) is 0 Å².